The number of nitrogens with two attached hydrogens (primary N) is 1. The van der Waals surface area contributed by atoms with E-state index in [4.69, 9.17) is 10.4 Å². The SMILES string of the molecule is N#CS1(N)C=Cc2ccccc21. The maximum Gasteiger partial charge on any atom is 0.135 e. The molecule has 60 valence electrons. The molecule has 1 aliphatic heterocycles. The van der Waals surface area contributed by atoms with Crippen molar-refractivity contribution in [3.05, 3.63) is 35.2 Å². The summed E-state index contributed by atoms with van der Waals surface area (Å²) in [6.45, 7) is 0. The van der Waals surface area contributed by atoms with Crippen molar-refractivity contribution in [1.29, 1.82) is 5.26 Å². The Balaban J connectivity index is 2.65. The van der Waals surface area contributed by atoms with Gasteiger partial charge in [-0.3, -0.25) is 5.14 Å². The van der Waals surface area contributed by atoms with Crippen molar-refractivity contribution in [2.45, 2.75) is 4.90 Å². The van der Waals surface area contributed by atoms with E-state index in [-0.39, 0.29) is 0 Å². The highest BCUT2D eigenvalue weighted by Gasteiger charge is 2.24. The van der Waals surface area contributed by atoms with Crippen molar-refractivity contribution < 1.29 is 0 Å². The molecule has 2 rings (SSSR count). The van der Waals surface area contributed by atoms with E-state index in [1.807, 2.05) is 35.7 Å². The fourth-order valence-electron chi connectivity index (χ4n) is 1.26. The largest absolute Gasteiger partial charge is 0.276 e. The van der Waals surface area contributed by atoms with E-state index in [1.165, 1.54) is 0 Å². The van der Waals surface area contributed by atoms with Crippen LogP contribution in [-0.2, 0) is 0 Å². The van der Waals surface area contributed by atoms with E-state index in [9.17, 15) is 0 Å². The van der Waals surface area contributed by atoms with E-state index in [0.29, 0.717) is 0 Å². The molecule has 1 aromatic rings. The van der Waals surface area contributed by atoms with Gasteiger partial charge in [0.1, 0.15) is 5.40 Å². The van der Waals surface area contributed by atoms with Crippen molar-refractivity contribution in [3.63, 3.8) is 0 Å². The first kappa shape index (κ1) is 7.41. The number of fused-ring (bicyclic) bond motifs is 1. The van der Waals surface area contributed by atoms with Crippen LogP contribution in [0.3, 0.4) is 0 Å². The molecule has 1 aromatic carbocycles. The van der Waals surface area contributed by atoms with Gasteiger partial charge in [0.25, 0.3) is 0 Å². The van der Waals surface area contributed by atoms with Crippen molar-refractivity contribution in [2.24, 2.45) is 5.14 Å². The lowest BCUT2D eigenvalue weighted by atomic mass is 10.2. The van der Waals surface area contributed by atoms with Crippen LogP contribution in [0.5, 0.6) is 0 Å². The van der Waals surface area contributed by atoms with Crippen molar-refractivity contribution in [2.75, 3.05) is 0 Å². The summed E-state index contributed by atoms with van der Waals surface area (Å²) >= 11 is 0. The Kier molecular flexibility index (Phi) is 1.47. The zero-order chi connectivity index (χ0) is 8.60. The first-order valence-corrected chi connectivity index (χ1v) is 5.31. The molecular formula is C9H8N2S. The minimum atomic E-state index is -1.78. The maximum absolute atomic E-state index is 8.88. The maximum atomic E-state index is 8.88. The highest BCUT2D eigenvalue weighted by atomic mass is 32.3. The molecule has 0 fully saturated rings. The molecule has 0 aromatic heterocycles. The van der Waals surface area contributed by atoms with Gasteiger partial charge in [0.2, 0.25) is 0 Å². The molecule has 3 heteroatoms. The predicted octanol–water partition coefficient (Wildman–Crippen LogP) is 2.19. The fraction of sp³-hybridized carbons (Fsp3) is 0. The number of nitrogens with zero attached hydrogens (tertiary/aromatic N) is 1. The molecule has 0 saturated carbocycles. The summed E-state index contributed by atoms with van der Waals surface area (Å²) in [4.78, 5) is 0.979. The van der Waals surface area contributed by atoms with Crippen LogP contribution >= 0.6 is 10.2 Å². The molecule has 0 spiro atoms. The van der Waals surface area contributed by atoms with Crippen molar-refractivity contribution >= 4 is 16.3 Å². The van der Waals surface area contributed by atoms with Crippen molar-refractivity contribution in [1.82, 2.24) is 0 Å². The van der Waals surface area contributed by atoms with E-state index in [1.54, 1.807) is 0 Å². The van der Waals surface area contributed by atoms with E-state index in [2.05, 4.69) is 5.40 Å². The molecule has 0 aliphatic carbocycles. The number of benzene rings is 1. The quantitative estimate of drug-likeness (QED) is 0.616. The molecule has 12 heavy (non-hydrogen) atoms. The summed E-state index contributed by atoms with van der Waals surface area (Å²) in [6, 6.07) is 7.77. The first-order chi connectivity index (χ1) is 5.76. The molecule has 1 heterocycles. The second-order valence-electron chi connectivity index (χ2n) is 2.64. The van der Waals surface area contributed by atoms with Crippen LogP contribution < -0.4 is 5.14 Å². The number of nitriles is 1. The lowest BCUT2D eigenvalue weighted by Crippen LogP contribution is -2.03. The third kappa shape index (κ3) is 0.860. The molecular weight excluding hydrogens is 168 g/mol. The Bertz CT molecular complexity index is 392. The topological polar surface area (TPSA) is 49.8 Å². The molecule has 2 nitrogen and oxygen atoms in total. The summed E-state index contributed by atoms with van der Waals surface area (Å²) in [6.07, 6.45) is 1.92. The van der Waals surface area contributed by atoms with Crippen LogP contribution in [0.4, 0.5) is 0 Å². The molecule has 1 atom stereocenters. The second kappa shape index (κ2) is 2.37. The lowest BCUT2D eigenvalue weighted by Gasteiger charge is -2.19. The Hall–Kier alpha value is -1.24. The van der Waals surface area contributed by atoms with Gasteiger partial charge < -0.3 is 0 Å². The number of rotatable bonds is 0. The van der Waals surface area contributed by atoms with Gasteiger partial charge in [-0.15, -0.1) is 0 Å². The fourth-order valence-corrected chi connectivity index (χ4v) is 2.76. The summed E-state index contributed by atoms with van der Waals surface area (Å²) in [5.41, 5.74) is 1.08. The zero-order valence-corrected chi connectivity index (χ0v) is 7.21. The van der Waals surface area contributed by atoms with Gasteiger partial charge in [0.15, 0.2) is 0 Å². The molecule has 2 N–H and O–H groups in total. The van der Waals surface area contributed by atoms with E-state index < -0.39 is 10.2 Å². The van der Waals surface area contributed by atoms with E-state index in [0.717, 1.165) is 10.5 Å². The Morgan fingerprint density at radius 3 is 2.83 bits per heavy atom. The van der Waals surface area contributed by atoms with Gasteiger partial charge in [0, 0.05) is 4.90 Å². The van der Waals surface area contributed by atoms with Gasteiger partial charge in [-0.05, 0) is 23.1 Å². The molecule has 1 unspecified atom stereocenters. The highest BCUT2D eigenvalue weighted by molar-refractivity contribution is 8.38. The standard InChI is InChI=1S/C9H8N2S/c10-7-12(11)6-5-8-3-1-2-4-9(8)12/h1-6H,11H2. The van der Waals surface area contributed by atoms with Gasteiger partial charge in [-0.1, -0.05) is 28.4 Å². The third-order valence-corrected chi connectivity index (χ3v) is 3.86. The monoisotopic (exact) mass is 176 g/mol. The van der Waals surface area contributed by atoms with Gasteiger partial charge in [-0.25, -0.2) is 0 Å². The minimum Gasteiger partial charge on any atom is -0.276 e. The molecule has 0 amide bonds. The van der Waals surface area contributed by atoms with Crippen LogP contribution in [0.15, 0.2) is 34.6 Å². The van der Waals surface area contributed by atoms with Crippen LogP contribution in [0.2, 0.25) is 0 Å². The average molecular weight is 176 g/mol. The van der Waals surface area contributed by atoms with Crippen LogP contribution in [0.25, 0.3) is 6.08 Å². The average Bonchev–Trinajstić information content (AvgIpc) is 2.46. The molecule has 1 aliphatic rings. The van der Waals surface area contributed by atoms with E-state index >= 15 is 0 Å². The normalized spacial score (nSPS) is 30.3. The first-order valence-electron chi connectivity index (χ1n) is 3.55. The number of hydrogen-bond acceptors (Lipinski definition) is 2. The molecule has 0 bridgehead atoms. The second-order valence-corrected chi connectivity index (χ2v) is 4.96. The van der Waals surface area contributed by atoms with Crippen LogP contribution in [0, 0.1) is 10.7 Å². The third-order valence-electron chi connectivity index (χ3n) is 1.90. The predicted molar refractivity (Wildman–Crippen MR) is 51.1 cm³/mol. The zero-order valence-electron chi connectivity index (χ0n) is 6.40. The Morgan fingerprint density at radius 2 is 2.08 bits per heavy atom. The van der Waals surface area contributed by atoms with Gasteiger partial charge >= 0.3 is 0 Å². The smallest absolute Gasteiger partial charge is 0.135 e. The summed E-state index contributed by atoms with van der Waals surface area (Å²) in [5.74, 6) is 0. The van der Waals surface area contributed by atoms with Gasteiger partial charge in [-0.2, -0.15) is 5.26 Å². The number of hydrogen-bond donors (Lipinski definition) is 1. The summed E-state index contributed by atoms with van der Waals surface area (Å²) < 4.78 is 0. The Morgan fingerprint density at radius 1 is 1.33 bits per heavy atom. The van der Waals surface area contributed by atoms with Gasteiger partial charge in [0.05, 0.1) is 0 Å². The summed E-state index contributed by atoms with van der Waals surface area (Å²) in [7, 11) is -1.78. The Labute approximate surface area is 72.8 Å². The number of thiocyanates is 1. The minimum absolute atomic E-state index is 0.979. The van der Waals surface area contributed by atoms with Crippen LogP contribution in [0.1, 0.15) is 5.56 Å². The van der Waals surface area contributed by atoms with Crippen LogP contribution in [-0.4, -0.2) is 0 Å². The molecule has 0 saturated heterocycles. The summed E-state index contributed by atoms with van der Waals surface area (Å²) in [5, 5.41) is 18.8. The lowest BCUT2D eigenvalue weighted by molar-refractivity contribution is 1.41. The highest BCUT2D eigenvalue weighted by Crippen LogP contribution is 2.55. The van der Waals surface area contributed by atoms with Crippen molar-refractivity contribution in [3.8, 4) is 5.40 Å². The molecule has 0 radical (unpaired) electrons.